The third kappa shape index (κ3) is 6.03. The first-order valence-electron chi connectivity index (χ1n) is 12.1. The summed E-state index contributed by atoms with van der Waals surface area (Å²) in [7, 11) is 0. The number of piperazine rings is 1. The highest BCUT2D eigenvalue weighted by Crippen LogP contribution is 2.47. The summed E-state index contributed by atoms with van der Waals surface area (Å²) in [6, 6.07) is 7.89. The highest BCUT2D eigenvalue weighted by Gasteiger charge is 2.51. The van der Waals surface area contributed by atoms with Crippen molar-refractivity contribution in [3.8, 4) is 0 Å². The molecule has 6 nitrogen and oxygen atoms in total. The molecule has 1 heterocycles. The Labute approximate surface area is 198 Å². The zero-order valence-electron chi connectivity index (χ0n) is 20.1. The fraction of sp³-hybridized carbons (Fsp3) is 0.680. The molecule has 2 amide bonds. The normalized spacial score (nSPS) is 21.6. The number of hydrogen-bond acceptors (Lipinski definition) is 4. The van der Waals surface area contributed by atoms with Crippen LogP contribution in [0.1, 0.15) is 70.0 Å². The van der Waals surface area contributed by atoms with Crippen LogP contribution in [0.15, 0.2) is 24.3 Å². The van der Waals surface area contributed by atoms with Crippen molar-refractivity contribution in [1.82, 2.24) is 15.1 Å². The molecule has 1 N–H and O–H groups in total. The second-order valence-corrected chi connectivity index (χ2v) is 10.9. The Kier molecular flexibility index (Phi) is 6.61. The Hall–Kier alpha value is -2.29. The molecular formula is C25H34F3N3O3. The van der Waals surface area contributed by atoms with E-state index in [0.717, 1.165) is 25.1 Å². The lowest BCUT2D eigenvalue weighted by molar-refractivity contribution is -0.174. The monoisotopic (exact) mass is 481 g/mol. The lowest BCUT2D eigenvalue weighted by Gasteiger charge is -2.40. The standard InChI is InChI=1S/C25H34F3N3O3/c1-23(2,3)34-22(33)31-14-12-30(13-15-31)20(16-17-4-5-17)18-6-8-19(9-7-18)24(10-11-24)29-21(32)25(26,27)28/h6-9,17,20H,4-5,10-16H2,1-3H3,(H,29,32). The predicted molar refractivity (Wildman–Crippen MR) is 121 cm³/mol. The van der Waals surface area contributed by atoms with Gasteiger partial charge in [0.25, 0.3) is 0 Å². The van der Waals surface area contributed by atoms with Crippen LogP contribution in [0, 0.1) is 5.92 Å². The van der Waals surface area contributed by atoms with E-state index < -0.39 is 23.2 Å². The number of benzene rings is 1. The highest BCUT2D eigenvalue weighted by atomic mass is 19.4. The summed E-state index contributed by atoms with van der Waals surface area (Å²) in [4.78, 5) is 28.0. The summed E-state index contributed by atoms with van der Waals surface area (Å²) < 4.78 is 43.7. The van der Waals surface area contributed by atoms with Crippen molar-refractivity contribution in [1.29, 1.82) is 0 Å². The van der Waals surface area contributed by atoms with E-state index in [1.54, 1.807) is 4.90 Å². The minimum absolute atomic E-state index is 0.197. The Morgan fingerprint density at radius 2 is 1.65 bits per heavy atom. The largest absolute Gasteiger partial charge is 0.471 e. The SMILES string of the molecule is CC(C)(C)OC(=O)N1CCN(C(CC2CC2)c2ccc(C3(NC(=O)C(F)(F)F)CC3)cc2)CC1. The van der Waals surface area contributed by atoms with E-state index in [-0.39, 0.29) is 12.1 Å². The number of alkyl halides is 3. The summed E-state index contributed by atoms with van der Waals surface area (Å²) >= 11 is 0. The first-order valence-corrected chi connectivity index (χ1v) is 12.1. The number of halogens is 3. The van der Waals surface area contributed by atoms with E-state index in [1.807, 2.05) is 45.0 Å². The third-order valence-corrected chi connectivity index (χ3v) is 6.87. The molecule has 0 radical (unpaired) electrons. The van der Waals surface area contributed by atoms with E-state index in [2.05, 4.69) is 10.2 Å². The predicted octanol–water partition coefficient (Wildman–Crippen LogP) is 4.75. The maximum absolute atomic E-state index is 12.7. The summed E-state index contributed by atoms with van der Waals surface area (Å²) in [6.45, 7) is 8.25. The van der Waals surface area contributed by atoms with Crippen LogP contribution >= 0.6 is 0 Å². The quantitative estimate of drug-likeness (QED) is 0.637. The van der Waals surface area contributed by atoms with E-state index in [4.69, 9.17) is 4.74 Å². The van der Waals surface area contributed by atoms with Gasteiger partial charge in [0.15, 0.2) is 0 Å². The summed E-state index contributed by atoms with van der Waals surface area (Å²) in [6.07, 6.45) is -0.684. The van der Waals surface area contributed by atoms with Crippen molar-refractivity contribution < 1.29 is 27.5 Å². The number of nitrogens with zero attached hydrogens (tertiary/aromatic N) is 2. The van der Waals surface area contributed by atoms with Crippen LogP contribution in [0.3, 0.4) is 0 Å². The highest BCUT2D eigenvalue weighted by molar-refractivity contribution is 5.83. The second-order valence-electron chi connectivity index (χ2n) is 10.9. The lowest BCUT2D eigenvalue weighted by Crippen LogP contribution is -2.50. The Balaban J connectivity index is 1.42. The van der Waals surface area contributed by atoms with Gasteiger partial charge in [-0.3, -0.25) is 9.69 Å². The van der Waals surface area contributed by atoms with Gasteiger partial charge in [0, 0.05) is 32.2 Å². The Morgan fingerprint density at radius 3 is 2.12 bits per heavy atom. The number of nitrogens with one attached hydrogen (secondary N) is 1. The molecule has 4 rings (SSSR count). The average Bonchev–Trinajstić information content (AvgIpc) is 3.67. The van der Waals surface area contributed by atoms with Gasteiger partial charge in [-0.1, -0.05) is 37.1 Å². The van der Waals surface area contributed by atoms with Gasteiger partial charge in [0.05, 0.1) is 5.54 Å². The van der Waals surface area contributed by atoms with Crippen molar-refractivity contribution in [3.05, 3.63) is 35.4 Å². The van der Waals surface area contributed by atoms with Gasteiger partial charge in [-0.2, -0.15) is 13.2 Å². The molecule has 1 aromatic carbocycles. The molecule has 3 aliphatic rings. The zero-order valence-corrected chi connectivity index (χ0v) is 20.1. The summed E-state index contributed by atoms with van der Waals surface area (Å²) in [5.74, 6) is -1.20. The van der Waals surface area contributed by atoms with Crippen LogP contribution in [-0.2, 0) is 15.1 Å². The van der Waals surface area contributed by atoms with Gasteiger partial charge < -0.3 is 15.0 Å². The maximum atomic E-state index is 12.7. The third-order valence-electron chi connectivity index (χ3n) is 6.87. The van der Waals surface area contributed by atoms with Crippen molar-refractivity contribution in [2.45, 2.75) is 76.2 Å². The van der Waals surface area contributed by atoms with Crippen molar-refractivity contribution in [2.24, 2.45) is 5.92 Å². The van der Waals surface area contributed by atoms with Gasteiger partial charge in [-0.05, 0) is 57.1 Å². The first-order chi connectivity index (χ1) is 15.9. The van der Waals surface area contributed by atoms with Crippen molar-refractivity contribution in [2.75, 3.05) is 26.2 Å². The minimum Gasteiger partial charge on any atom is -0.444 e. The van der Waals surface area contributed by atoms with E-state index in [9.17, 15) is 22.8 Å². The number of carbonyl (C=O) groups is 2. The molecule has 9 heteroatoms. The minimum atomic E-state index is -4.88. The van der Waals surface area contributed by atoms with Crippen LogP contribution in [0.25, 0.3) is 0 Å². The number of carbonyl (C=O) groups excluding carboxylic acids is 2. The smallest absolute Gasteiger partial charge is 0.444 e. The van der Waals surface area contributed by atoms with Crippen LogP contribution in [-0.4, -0.2) is 59.8 Å². The van der Waals surface area contributed by atoms with Gasteiger partial charge in [0.1, 0.15) is 5.60 Å². The fourth-order valence-corrected chi connectivity index (χ4v) is 4.63. The topological polar surface area (TPSA) is 61.9 Å². The van der Waals surface area contributed by atoms with Crippen molar-refractivity contribution >= 4 is 12.0 Å². The van der Waals surface area contributed by atoms with E-state index in [1.165, 1.54) is 12.8 Å². The Morgan fingerprint density at radius 1 is 1.06 bits per heavy atom. The Bertz CT molecular complexity index is 895. The first kappa shape index (κ1) is 24.8. The lowest BCUT2D eigenvalue weighted by atomic mass is 9.95. The molecule has 1 aliphatic heterocycles. The summed E-state index contributed by atoms with van der Waals surface area (Å²) in [5.41, 5.74) is 0.409. The van der Waals surface area contributed by atoms with Crippen LogP contribution in [0.5, 0.6) is 0 Å². The molecule has 0 spiro atoms. The molecule has 0 bridgehead atoms. The van der Waals surface area contributed by atoms with E-state index >= 15 is 0 Å². The van der Waals surface area contributed by atoms with Crippen LogP contribution in [0.2, 0.25) is 0 Å². The van der Waals surface area contributed by atoms with Crippen LogP contribution in [0.4, 0.5) is 18.0 Å². The molecule has 1 unspecified atom stereocenters. The number of rotatable bonds is 6. The van der Waals surface area contributed by atoms with Crippen molar-refractivity contribution in [3.63, 3.8) is 0 Å². The fourth-order valence-electron chi connectivity index (χ4n) is 4.63. The molecule has 1 atom stereocenters. The molecule has 2 saturated carbocycles. The molecule has 2 aliphatic carbocycles. The van der Waals surface area contributed by atoms with Gasteiger partial charge in [-0.15, -0.1) is 0 Å². The molecule has 34 heavy (non-hydrogen) atoms. The van der Waals surface area contributed by atoms with Gasteiger partial charge in [0.2, 0.25) is 0 Å². The number of ether oxygens (including phenoxy) is 1. The second kappa shape index (κ2) is 9.06. The molecular weight excluding hydrogens is 447 g/mol. The molecule has 188 valence electrons. The zero-order chi connectivity index (χ0) is 24.7. The molecule has 3 fully saturated rings. The van der Waals surface area contributed by atoms with Gasteiger partial charge in [-0.25, -0.2) is 4.79 Å². The van der Waals surface area contributed by atoms with Crippen LogP contribution < -0.4 is 5.32 Å². The average molecular weight is 482 g/mol. The molecule has 0 aromatic heterocycles. The molecule has 1 aromatic rings. The number of hydrogen-bond donors (Lipinski definition) is 1. The molecule has 1 saturated heterocycles. The van der Waals surface area contributed by atoms with E-state index in [0.29, 0.717) is 37.4 Å². The maximum Gasteiger partial charge on any atom is 0.471 e. The number of amides is 2. The van der Waals surface area contributed by atoms with Gasteiger partial charge >= 0.3 is 18.2 Å². The summed E-state index contributed by atoms with van der Waals surface area (Å²) in [5, 5.41) is 2.19.